The smallest absolute Gasteiger partial charge is 0.316 e. The van der Waals surface area contributed by atoms with Crippen molar-refractivity contribution in [1.82, 2.24) is 4.98 Å². The lowest BCUT2D eigenvalue weighted by Gasteiger charge is -2.11. The van der Waals surface area contributed by atoms with Crippen molar-refractivity contribution in [2.24, 2.45) is 0 Å². The number of benzene rings is 1. The van der Waals surface area contributed by atoms with E-state index in [1.165, 1.54) is 6.07 Å². The highest BCUT2D eigenvalue weighted by Gasteiger charge is 2.17. The van der Waals surface area contributed by atoms with Crippen molar-refractivity contribution in [1.29, 1.82) is 5.26 Å². The minimum atomic E-state index is -0.376. The number of nitrogens with one attached hydrogen (secondary N) is 1. The third-order valence-corrected chi connectivity index (χ3v) is 4.23. The Morgan fingerprint density at radius 2 is 2.00 bits per heavy atom. The second-order valence-electron chi connectivity index (χ2n) is 5.73. The average Bonchev–Trinajstić information content (AvgIpc) is 2.60. The quantitative estimate of drug-likeness (QED) is 0.618. The molecule has 0 radical (unpaired) electrons. The summed E-state index contributed by atoms with van der Waals surface area (Å²) in [5.41, 5.74) is 1.71. The maximum atomic E-state index is 12.5. The molecule has 134 valence electrons. The number of aromatic nitrogens is 1. The number of para-hydroxylation sites is 1. The van der Waals surface area contributed by atoms with E-state index in [-0.39, 0.29) is 29.3 Å². The Morgan fingerprint density at radius 1 is 1.31 bits per heavy atom. The van der Waals surface area contributed by atoms with Crippen molar-refractivity contribution in [2.75, 3.05) is 11.1 Å². The van der Waals surface area contributed by atoms with Crippen LogP contribution in [0.2, 0.25) is 0 Å². The molecule has 1 aromatic heterocycles. The van der Waals surface area contributed by atoms with Crippen LogP contribution in [0.25, 0.3) is 0 Å². The summed E-state index contributed by atoms with van der Waals surface area (Å²) in [6.07, 6.45) is -0.197. The first-order chi connectivity index (χ1) is 12.4. The highest BCUT2D eigenvalue weighted by molar-refractivity contribution is 7.99. The number of amides is 1. The molecule has 0 saturated heterocycles. The first kappa shape index (κ1) is 19.5. The van der Waals surface area contributed by atoms with Crippen LogP contribution >= 0.6 is 11.8 Å². The van der Waals surface area contributed by atoms with Crippen molar-refractivity contribution in [3.05, 3.63) is 53.2 Å². The number of carbonyl (C=O) groups is 2. The lowest BCUT2D eigenvalue weighted by Crippen LogP contribution is -2.16. The van der Waals surface area contributed by atoms with Crippen LogP contribution in [-0.2, 0) is 9.53 Å². The minimum absolute atomic E-state index is 0.0505. The van der Waals surface area contributed by atoms with Gasteiger partial charge in [0.25, 0.3) is 5.91 Å². The molecule has 2 aromatic rings. The largest absolute Gasteiger partial charge is 0.462 e. The molecule has 7 heteroatoms. The van der Waals surface area contributed by atoms with Gasteiger partial charge in [-0.2, -0.15) is 5.26 Å². The van der Waals surface area contributed by atoms with Crippen LogP contribution in [0.15, 0.2) is 41.4 Å². The van der Waals surface area contributed by atoms with Crippen LogP contribution in [0.1, 0.15) is 35.5 Å². The van der Waals surface area contributed by atoms with E-state index in [1.807, 2.05) is 24.3 Å². The van der Waals surface area contributed by atoms with Crippen LogP contribution in [0.3, 0.4) is 0 Å². The molecule has 0 atom stereocenters. The zero-order valence-corrected chi connectivity index (χ0v) is 15.6. The molecule has 0 aliphatic heterocycles. The van der Waals surface area contributed by atoms with E-state index in [1.54, 1.807) is 32.9 Å². The van der Waals surface area contributed by atoms with Gasteiger partial charge in [0.05, 0.1) is 28.7 Å². The normalized spacial score (nSPS) is 10.3. The molecule has 1 N–H and O–H groups in total. The lowest BCUT2D eigenvalue weighted by atomic mass is 10.1. The molecule has 0 saturated carbocycles. The molecule has 1 heterocycles. The molecule has 2 rings (SSSR count). The van der Waals surface area contributed by atoms with Gasteiger partial charge in [-0.25, -0.2) is 4.98 Å². The number of rotatable bonds is 6. The first-order valence-corrected chi connectivity index (χ1v) is 8.99. The Hall–Kier alpha value is -2.85. The third-order valence-electron chi connectivity index (χ3n) is 3.27. The van der Waals surface area contributed by atoms with Crippen molar-refractivity contribution < 1.29 is 14.3 Å². The number of aryl methyl sites for hydroxylation is 1. The van der Waals surface area contributed by atoms with Crippen LogP contribution < -0.4 is 5.32 Å². The number of esters is 1. The van der Waals surface area contributed by atoms with Gasteiger partial charge in [-0.05, 0) is 39.0 Å². The fourth-order valence-electron chi connectivity index (χ4n) is 2.15. The van der Waals surface area contributed by atoms with Crippen LogP contribution in [0.5, 0.6) is 0 Å². The van der Waals surface area contributed by atoms with Crippen molar-refractivity contribution in [3.63, 3.8) is 0 Å². The molecular formula is C19H19N3O3S. The summed E-state index contributed by atoms with van der Waals surface area (Å²) in [6.45, 7) is 5.23. The van der Waals surface area contributed by atoms with Gasteiger partial charge in [-0.15, -0.1) is 0 Å². The molecule has 0 spiro atoms. The fourth-order valence-corrected chi connectivity index (χ4v) is 2.93. The second-order valence-corrected chi connectivity index (χ2v) is 6.70. The van der Waals surface area contributed by atoms with Gasteiger partial charge in [-0.3, -0.25) is 9.59 Å². The summed E-state index contributed by atoms with van der Waals surface area (Å²) in [4.78, 5) is 28.5. The topological polar surface area (TPSA) is 92.1 Å². The Labute approximate surface area is 156 Å². The summed E-state index contributed by atoms with van der Waals surface area (Å²) < 4.78 is 5.07. The molecule has 0 aliphatic carbocycles. The number of carbonyl (C=O) groups excluding carboxylic acids is 2. The summed E-state index contributed by atoms with van der Waals surface area (Å²) in [6, 6.07) is 12.6. The molecule has 0 aliphatic rings. The maximum absolute atomic E-state index is 12.5. The van der Waals surface area contributed by atoms with Gasteiger partial charge in [0, 0.05) is 5.69 Å². The average molecular weight is 369 g/mol. The zero-order chi connectivity index (χ0) is 19.1. The van der Waals surface area contributed by atoms with Crippen molar-refractivity contribution in [2.45, 2.75) is 31.9 Å². The Balaban J connectivity index is 2.17. The van der Waals surface area contributed by atoms with Gasteiger partial charge < -0.3 is 10.1 Å². The summed E-state index contributed by atoms with van der Waals surface area (Å²) in [5, 5.41) is 12.5. The zero-order valence-electron chi connectivity index (χ0n) is 14.8. The fraction of sp³-hybridized carbons (Fsp3) is 0.263. The van der Waals surface area contributed by atoms with Crippen LogP contribution in [-0.4, -0.2) is 28.7 Å². The van der Waals surface area contributed by atoms with E-state index >= 15 is 0 Å². The van der Waals surface area contributed by atoms with E-state index in [9.17, 15) is 14.9 Å². The van der Waals surface area contributed by atoms with Crippen molar-refractivity contribution in [3.8, 4) is 6.07 Å². The predicted octanol–water partition coefficient (Wildman–Crippen LogP) is 3.56. The molecule has 1 aromatic carbocycles. The van der Waals surface area contributed by atoms with E-state index < -0.39 is 0 Å². The monoisotopic (exact) mass is 369 g/mol. The van der Waals surface area contributed by atoms with E-state index in [0.29, 0.717) is 22.0 Å². The van der Waals surface area contributed by atoms with E-state index in [4.69, 9.17) is 4.74 Å². The van der Waals surface area contributed by atoms with Gasteiger partial charge in [0.1, 0.15) is 11.1 Å². The summed E-state index contributed by atoms with van der Waals surface area (Å²) >= 11 is 1.12. The molecule has 0 fully saturated rings. The lowest BCUT2D eigenvalue weighted by molar-refractivity contribution is -0.144. The molecular weight excluding hydrogens is 350 g/mol. The van der Waals surface area contributed by atoms with Gasteiger partial charge in [0.2, 0.25) is 0 Å². The molecule has 26 heavy (non-hydrogen) atoms. The van der Waals surface area contributed by atoms with E-state index in [2.05, 4.69) is 10.3 Å². The highest BCUT2D eigenvalue weighted by Crippen LogP contribution is 2.23. The number of nitriles is 1. The number of thioether (sulfide) groups is 1. The molecule has 1 amide bonds. The molecule has 0 unspecified atom stereocenters. The Bertz CT molecular complexity index is 845. The molecule has 0 bridgehead atoms. The number of hydrogen-bond donors (Lipinski definition) is 1. The number of anilines is 1. The standard InChI is InChI=1S/C19H19N3O3S/c1-12(2)25-17(23)11-26-19-14(10-20)9-16(13(3)21-19)18(24)22-15-7-5-4-6-8-15/h4-9,12H,11H2,1-3H3,(H,22,24). The number of nitrogens with zero attached hydrogens (tertiary/aromatic N) is 2. The number of pyridine rings is 1. The number of hydrogen-bond acceptors (Lipinski definition) is 6. The third kappa shape index (κ3) is 5.33. The highest BCUT2D eigenvalue weighted by atomic mass is 32.2. The maximum Gasteiger partial charge on any atom is 0.316 e. The van der Waals surface area contributed by atoms with Crippen LogP contribution in [0.4, 0.5) is 5.69 Å². The minimum Gasteiger partial charge on any atom is -0.462 e. The Morgan fingerprint density at radius 3 is 2.62 bits per heavy atom. The van der Waals surface area contributed by atoms with Gasteiger partial charge >= 0.3 is 5.97 Å². The SMILES string of the molecule is Cc1nc(SCC(=O)OC(C)C)c(C#N)cc1C(=O)Nc1ccccc1. The second kappa shape index (κ2) is 9.02. The van der Waals surface area contributed by atoms with Gasteiger partial charge in [0.15, 0.2) is 0 Å². The Kier molecular flexibility index (Phi) is 6.75. The summed E-state index contributed by atoms with van der Waals surface area (Å²) in [5.74, 6) is -0.665. The summed E-state index contributed by atoms with van der Waals surface area (Å²) in [7, 11) is 0. The molecule has 6 nitrogen and oxygen atoms in total. The van der Waals surface area contributed by atoms with Gasteiger partial charge in [-0.1, -0.05) is 30.0 Å². The van der Waals surface area contributed by atoms with Crippen molar-refractivity contribution >= 4 is 29.3 Å². The van der Waals surface area contributed by atoms with Crippen LogP contribution in [0, 0.1) is 18.3 Å². The first-order valence-electron chi connectivity index (χ1n) is 8.01. The number of ether oxygens (including phenoxy) is 1. The predicted molar refractivity (Wildman–Crippen MR) is 100 cm³/mol. The van der Waals surface area contributed by atoms with E-state index in [0.717, 1.165) is 11.8 Å².